The number of aryl methyl sites for hydroxylation is 1. The Morgan fingerprint density at radius 2 is 1.92 bits per heavy atom. The Morgan fingerprint density at radius 1 is 1.16 bits per heavy atom. The van der Waals surface area contributed by atoms with Crippen LogP contribution >= 0.6 is 11.8 Å². The molecule has 0 radical (unpaired) electrons. The lowest BCUT2D eigenvalue weighted by Gasteiger charge is -2.07. The Kier molecular flexibility index (Phi) is 5.35. The highest BCUT2D eigenvalue weighted by molar-refractivity contribution is 7.99. The first-order chi connectivity index (χ1) is 12.1. The Hall–Kier alpha value is -2.80. The van der Waals surface area contributed by atoms with E-state index in [9.17, 15) is 4.79 Å². The van der Waals surface area contributed by atoms with Gasteiger partial charge in [-0.2, -0.15) is 0 Å². The number of thioether (sulfide) groups is 1. The molecule has 1 heterocycles. The van der Waals surface area contributed by atoms with E-state index in [4.69, 9.17) is 14.3 Å². The smallest absolute Gasteiger partial charge is 0.339 e. The highest BCUT2D eigenvalue weighted by Crippen LogP contribution is 2.24. The van der Waals surface area contributed by atoms with Gasteiger partial charge >= 0.3 is 5.97 Å². The van der Waals surface area contributed by atoms with Gasteiger partial charge in [-0.05, 0) is 31.2 Å². The van der Waals surface area contributed by atoms with Crippen LogP contribution in [0, 0.1) is 6.92 Å². The summed E-state index contributed by atoms with van der Waals surface area (Å²) >= 11 is 1.36. The third-order valence-electron chi connectivity index (χ3n) is 3.39. The lowest BCUT2D eigenvalue weighted by atomic mass is 10.1. The van der Waals surface area contributed by atoms with Crippen LogP contribution in [0.3, 0.4) is 0 Å². The minimum absolute atomic E-state index is 0.145. The number of carboxylic acid groups (broad SMARTS) is 1. The molecule has 0 saturated heterocycles. The summed E-state index contributed by atoms with van der Waals surface area (Å²) in [7, 11) is 0. The van der Waals surface area contributed by atoms with Crippen LogP contribution in [0.15, 0.2) is 58.2 Å². The lowest BCUT2D eigenvalue weighted by Crippen LogP contribution is -2.05. The van der Waals surface area contributed by atoms with Crippen molar-refractivity contribution in [3.8, 4) is 17.2 Å². The molecule has 0 saturated carbocycles. The molecule has 6 nitrogen and oxygen atoms in total. The molecular formula is C18H16N2O4S. The quantitative estimate of drug-likeness (QED) is 0.507. The first-order valence-electron chi connectivity index (χ1n) is 7.62. The minimum Gasteiger partial charge on any atom is -0.492 e. The molecule has 3 rings (SSSR count). The highest BCUT2D eigenvalue weighted by atomic mass is 32.2. The third kappa shape index (κ3) is 4.39. The van der Waals surface area contributed by atoms with Crippen molar-refractivity contribution in [3.05, 3.63) is 59.7 Å². The number of hydrogen-bond donors (Lipinski definition) is 1. The largest absolute Gasteiger partial charge is 0.492 e. The molecule has 0 aliphatic heterocycles. The maximum Gasteiger partial charge on any atom is 0.339 e. The molecule has 7 heteroatoms. The molecule has 1 N–H and O–H groups in total. The standard InChI is InChI=1S/C18H16N2O4S/c1-12-6-8-13(9-7-12)16-19-20-18(24-16)25-11-10-23-15-5-3-2-4-14(15)17(21)22/h2-9H,10-11H2,1H3,(H,21,22). The maximum absolute atomic E-state index is 11.1. The van der Waals surface area contributed by atoms with E-state index < -0.39 is 5.97 Å². The Bertz CT molecular complexity index is 862. The van der Waals surface area contributed by atoms with Gasteiger partial charge in [0.25, 0.3) is 5.22 Å². The zero-order chi connectivity index (χ0) is 17.6. The second-order valence-electron chi connectivity index (χ2n) is 5.24. The number of hydrogen-bond acceptors (Lipinski definition) is 6. The SMILES string of the molecule is Cc1ccc(-c2nnc(SCCOc3ccccc3C(=O)O)o2)cc1. The van der Waals surface area contributed by atoms with Crippen molar-refractivity contribution in [3.63, 3.8) is 0 Å². The molecule has 3 aromatic rings. The first-order valence-corrected chi connectivity index (χ1v) is 8.60. The number of aromatic nitrogens is 2. The maximum atomic E-state index is 11.1. The van der Waals surface area contributed by atoms with Crippen molar-refractivity contribution < 1.29 is 19.1 Å². The molecule has 2 aromatic carbocycles. The normalized spacial score (nSPS) is 10.6. The highest BCUT2D eigenvalue weighted by Gasteiger charge is 2.11. The number of benzene rings is 2. The van der Waals surface area contributed by atoms with E-state index >= 15 is 0 Å². The number of carboxylic acids is 1. The van der Waals surface area contributed by atoms with Gasteiger partial charge in [0.05, 0.1) is 6.61 Å². The van der Waals surface area contributed by atoms with Gasteiger partial charge in [0.1, 0.15) is 11.3 Å². The Balaban J connectivity index is 1.53. The van der Waals surface area contributed by atoms with Gasteiger partial charge in [-0.3, -0.25) is 0 Å². The van der Waals surface area contributed by atoms with Crippen LogP contribution in [0.2, 0.25) is 0 Å². The summed E-state index contributed by atoms with van der Waals surface area (Å²) in [5, 5.41) is 17.6. The minimum atomic E-state index is -1.01. The van der Waals surface area contributed by atoms with Crippen LogP contribution in [0.25, 0.3) is 11.5 Å². The second-order valence-corrected chi connectivity index (χ2v) is 6.28. The van der Waals surface area contributed by atoms with Crippen LogP contribution in [-0.4, -0.2) is 33.6 Å². The number of carbonyl (C=O) groups is 1. The molecule has 0 aliphatic carbocycles. The summed E-state index contributed by atoms with van der Waals surface area (Å²) in [6.07, 6.45) is 0. The van der Waals surface area contributed by atoms with Crippen molar-refractivity contribution in [1.82, 2.24) is 10.2 Å². The van der Waals surface area contributed by atoms with Gasteiger partial charge in [-0.1, -0.05) is 41.6 Å². The van der Waals surface area contributed by atoms with Gasteiger partial charge in [-0.15, -0.1) is 10.2 Å². The van der Waals surface area contributed by atoms with E-state index in [1.165, 1.54) is 17.8 Å². The summed E-state index contributed by atoms with van der Waals surface area (Å²) in [6.45, 7) is 2.35. The van der Waals surface area contributed by atoms with Crippen molar-refractivity contribution in [2.45, 2.75) is 12.1 Å². The van der Waals surface area contributed by atoms with E-state index in [0.717, 1.165) is 11.1 Å². The van der Waals surface area contributed by atoms with E-state index in [1.54, 1.807) is 18.2 Å². The van der Waals surface area contributed by atoms with Gasteiger partial charge in [0, 0.05) is 11.3 Å². The first kappa shape index (κ1) is 17.0. The van der Waals surface area contributed by atoms with Crippen LogP contribution < -0.4 is 4.74 Å². The van der Waals surface area contributed by atoms with Crippen molar-refractivity contribution in [2.24, 2.45) is 0 Å². The molecule has 0 fully saturated rings. The van der Waals surface area contributed by atoms with E-state index in [1.807, 2.05) is 31.2 Å². The molecule has 0 aliphatic rings. The van der Waals surface area contributed by atoms with Gasteiger partial charge in [-0.25, -0.2) is 4.79 Å². The topological polar surface area (TPSA) is 85.5 Å². The summed E-state index contributed by atoms with van der Waals surface area (Å²) in [6, 6.07) is 14.4. The molecule has 0 bridgehead atoms. The average Bonchev–Trinajstić information content (AvgIpc) is 3.08. The molecule has 0 amide bonds. The second kappa shape index (κ2) is 7.85. The van der Waals surface area contributed by atoms with E-state index in [2.05, 4.69) is 10.2 Å². The lowest BCUT2D eigenvalue weighted by molar-refractivity contribution is 0.0692. The average molecular weight is 356 g/mol. The van der Waals surface area contributed by atoms with E-state index in [-0.39, 0.29) is 5.56 Å². The third-order valence-corrected chi connectivity index (χ3v) is 4.17. The molecule has 0 atom stereocenters. The molecule has 25 heavy (non-hydrogen) atoms. The van der Waals surface area contributed by atoms with Crippen LogP contribution in [0.5, 0.6) is 5.75 Å². The molecule has 0 unspecified atom stereocenters. The number of para-hydroxylation sites is 1. The van der Waals surface area contributed by atoms with Gasteiger partial charge < -0.3 is 14.3 Å². The predicted octanol–water partition coefficient (Wildman–Crippen LogP) is 3.91. The molecule has 0 spiro atoms. The summed E-state index contributed by atoms with van der Waals surface area (Å²) in [5.74, 6) is 0.368. The zero-order valence-electron chi connectivity index (χ0n) is 13.5. The predicted molar refractivity (Wildman–Crippen MR) is 94.1 cm³/mol. The zero-order valence-corrected chi connectivity index (χ0v) is 14.3. The van der Waals surface area contributed by atoms with Crippen molar-refractivity contribution in [2.75, 3.05) is 12.4 Å². The number of aromatic carboxylic acids is 1. The fourth-order valence-corrected chi connectivity index (χ4v) is 2.71. The molecule has 1 aromatic heterocycles. The van der Waals surface area contributed by atoms with Crippen LogP contribution in [-0.2, 0) is 0 Å². The van der Waals surface area contributed by atoms with Crippen molar-refractivity contribution in [1.29, 1.82) is 0 Å². The molecule has 128 valence electrons. The fraction of sp³-hybridized carbons (Fsp3) is 0.167. The van der Waals surface area contributed by atoms with Gasteiger partial charge in [0.15, 0.2) is 0 Å². The monoisotopic (exact) mass is 356 g/mol. The van der Waals surface area contributed by atoms with E-state index in [0.29, 0.717) is 29.2 Å². The fourth-order valence-electron chi connectivity index (χ4n) is 2.13. The Labute approximate surface area is 148 Å². The summed E-state index contributed by atoms with van der Waals surface area (Å²) in [5.41, 5.74) is 2.18. The number of rotatable bonds is 7. The number of nitrogens with zero attached hydrogens (tertiary/aromatic N) is 2. The number of ether oxygens (including phenoxy) is 1. The van der Waals surface area contributed by atoms with Crippen molar-refractivity contribution >= 4 is 17.7 Å². The van der Waals surface area contributed by atoms with Crippen LogP contribution in [0.4, 0.5) is 0 Å². The Morgan fingerprint density at radius 3 is 2.68 bits per heavy atom. The van der Waals surface area contributed by atoms with Crippen LogP contribution in [0.1, 0.15) is 15.9 Å². The van der Waals surface area contributed by atoms with Gasteiger partial charge in [0.2, 0.25) is 5.89 Å². The summed E-state index contributed by atoms with van der Waals surface area (Å²) in [4.78, 5) is 11.1. The molecular weight excluding hydrogens is 340 g/mol. The summed E-state index contributed by atoms with van der Waals surface area (Å²) < 4.78 is 11.1.